The third-order valence-corrected chi connectivity index (χ3v) is 6.55. The van der Waals surface area contributed by atoms with Gasteiger partial charge in [0, 0.05) is 22.4 Å². The van der Waals surface area contributed by atoms with Crippen molar-refractivity contribution >= 4 is 15.5 Å². The van der Waals surface area contributed by atoms with Gasteiger partial charge in [0.1, 0.15) is 17.4 Å². The molecule has 4 nitrogen and oxygen atoms in total. The van der Waals surface area contributed by atoms with E-state index < -0.39 is 44.2 Å². The number of hydrogen-bond acceptors (Lipinski definition) is 4. The van der Waals surface area contributed by atoms with Crippen molar-refractivity contribution in [3.8, 4) is 0 Å². The first kappa shape index (κ1) is 21.5. The molecular formula is C19H19F5N2O2S. The fourth-order valence-electron chi connectivity index (χ4n) is 3.15. The second kappa shape index (κ2) is 7.23. The Bertz CT molecular complexity index is 1030. The second-order valence-electron chi connectivity index (χ2n) is 7.27. The van der Waals surface area contributed by atoms with Gasteiger partial charge < -0.3 is 5.32 Å². The van der Waals surface area contributed by atoms with Crippen LogP contribution in [0.4, 0.5) is 27.6 Å². The van der Waals surface area contributed by atoms with Crippen LogP contribution in [-0.2, 0) is 15.3 Å². The van der Waals surface area contributed by atoms with Gasteiger partial charge in [-0.2, -0.15) is 13.2 Å². The maximum absolute atomic E-state index is 14.7. The molecule has 1 fully saturated rings. The number of benzene rings is 1. The van der Waals surface area contributed by atoms with E-state index in [-0.39, 0.29) is 5.56 Å². The fourth-order valence-corrected chi connectivity index (χ4v) is 4.02. The number of aryl methyl sites for hydroxylation is 1. The van der Waals surface area contributed by atoms with Crippen LogP contribution in [0, 0.1) is 12.7 Å². The molecule has 3 rings (SSSR count). The van der Waals surface area contributed by atoms with Crippen LogP contribution in [0.3, 0.4) is 0 Å². The lowest BCUT2D eigenvalue weighted by Gasteiger charge is -2.20. The minimum absolute atomic E-state index is 0.238. The molecule has 1 aliphatic carbocycles. The highest BCUT2D eigenvalue weighted by atomic mass is 32.2. The molecule has 1 aliphatic rings. The molecule has 10 heteroatoms. The van der Waals surface area contributed by atoms with Crippen molar-refractivity contribution in [3.05, 3.63) is 53.1 Å². The van der Waals surface area contributed by atoms with Crippen LogP contribution in [0.2, 0.25) is 0 Å². The Morgan fingerprint density at radius 1 is 1.24 bits per heavy atom. The monoisotopic (exact) mass is 434 g/mol. The van der Waals surface area contributed by atoms with Gasteiger partial charge in [0.15, 0.2) is 0 Å². The Hall–Kier alpha value is -2.23. The molecule has 0 amide bonds. The Morgan fingerprint density at radius 3 is 2.45 bits per heavy atom. The number of nitrogens with zero attached hydrogens (tertiary/aromatic N) is 1. The van der Waals surface area contributed by atoms with E-state index in [1.165, 1.54) is 13.0 Å². The quantitative estimate of drug-likeness (QED) is 0.651. The molecule has 0 aliphatic heterocycles. The standard InChI is InChI=1S/C19H19F5N2O2S/c1-11-8-13(9-16(25-11)18(10-20)6-7-18)26-12(2)14-4-3-5-15(17(14)21)29(27,28)19(22,23)24/h3-5,8-9,12H,6-7,10H2,1-2H3,(H,25,26). The highest BCUT2D eigenvalue weighted by molar-refractivity contribution is 7.92. The van der Waals surface area contributed by atoms with Gasteiger partial charge in [-0.1, -0.05) is 12.1 Å². The molecule has 1 N–H and O–H groups in total. The van der Waals surface area contributed by atoms with Gasteiger partial charge in [-0.25, -0.2) is 12.8 Å². The number of nitrogens with one attached hydrogen (secondary N) is 1. The van der Waals surface area contributed by atoms with Crippen molar-refractivity contribution in [1.29, 1.82) is 0 Å². The number of anilines is 1. The van der Waals surface area contributed by atoms with Gasteiger partial charge in [-0.3, -0.25) is 9.37 Å². The van der Waals surface area contributed by atoms with Gasteiger partial charge in [-0.05, 0) is 44.9 Å². The molecule has 1 atom stereocenters. The van der Waals surface area contributed by atoms with Gasteiger partial charge in [0.25, 0.3) is 9.84 Å². The van der Waals surface area contributed by atoms with E-state index in [9.17, 15) is 30.4 Å². The van der Waals surface area contributed by atoms with Crippen LogP contribution in [0.1, 0.15) is 42.8 Å². The Kier molecular flexibility index (Phi) is 5.35. The van der Waals surface area contributed by atoms with Crippen molar-refractivity contribution in [3.63, 3.8) is 0 Å². The van der Waals surface area contributed by atoms with Gasteiger partial charge in [0.2, 0.25) is 0 Å². The first-order chi connectivity index (χ1) is 13.4. The number of hydrogen-bond donors (Lipinski definition) is 1. The number of rotatable bonds is 6. The topological polar surface area (TPSA) is 59.1 Å². The fraction of sp³-hybridized carbons (Fsp3) is 0.421. The summed E-state index contributed by atoms with van der Waals surface area (Å²) < 4.78 is 89.7. The first-order valence-electron chi connectivity index (χ1n) is 8.83. The zero-order valence-electron chi connectivity index (χ0n) is 15.6. The van der Waals surface area contributed by atoms with Crippen molar-refractivity contribution in [2.45, 2.75) is 48.5 Å². The molecule has 1 aromatic carbocycles. The Balaban J connectivity index is 1.93. The summed E-state index contributed by atoms with van der Waals surface area (Å²) in [5, 5.41) is 2.94. The predicted molar refractivity (Wildman–Crippen MR) is 97.5 cm³/mol. The predicted octanol–water partition coefficient (Wildman–Crippen LogP) is 5.00. The van der Waals surface area contributed by atoms with E-state index in [0.717, 1.165) is 6.07 Å². The van der Waals surface area contributed by atoms with Gasteiger partial charge in [-0.15, -0.1) is 0 Å². The van der Waals surface area contributed by atoms with E-state index in [4.69, 9.17) is 0 Å². The number of aromatic nitrogens is 1. The zero-order valence-corrected chi connectivity index (χ0v) is 16.5. The Morgan fingerprint density at radius 2 is 1.90 bits per heavy atom. The largest absolute Gasteiger partial charge is 0.502 e. The average Bonchev–Trinajstić information content (AvgIpc) is 3.41. The summed E-state index contributed by atoms with van der Waals surface area (Å²) in [6.45, 7) is 2.65. The van der Waals surface area contributed by atoms with Crippen LogP contribution >= 0.6 is 0 Å². The number of sulfone groups is 1. The first-order valence-corrected chi connectivity index (χ1v) is 10.3. The Labute approximate surface area is 165 Å². The summed E-state index contributed by atoms with van der Waals surface area (Å²) >= 11 is 0. The summed E-state index contributed by atoms with van der Waals surface area (Å²) in [6, 6.07) is 5.27. The molecular weight excluding hydrogens is 415 g/mol. The van der Waals surface area contributed by atoms with Gasteiger partial charge in [0.05, 0.1) is 11.7 Å². The van der Waals surface area contributed by atoms with Crippen molar-refractivity contribution in [2.75, 3.05) is 12.0 Å². The lowest BCUT2D eigenvalue weighted by molar-refractivity contribution is -0.0437. The average molecular weight is 434 g/mol. The lowest BCUT2D eigenvalue weighted by atomic mass is 10.0. The molecule has 0 bridgehead atoms. The van der Waals surface area contributed by atoms with Crippen molar-refractivity contribution < 1.29 is 30.4 Å². The second-order valence-corrected chi connectivity index (χ2v) is 9.18. The van der Waals surface area contributed by atoms with Crippen LogP contribution in [0.15, 0.2) is 35.2 Å². The lowest BCUT2D eigenvalue weighted by Crippen LogP contribution is -2.25. The highest BCUT2D eigenvalue weighted by Crippen LogP contribution is 2.48. The molecule has 2 aromatic rings. The van der Waals surface area contributed by atoms with E-state index >= 15 is 0 Å². The van der Waals surface area contributed by atoms with Crippen molar-refractivity contribution in [1.82, 2.24) is 4.98 Å². The smallest absolute Gasteiger partial charge is 0.378 e. The third kappa shape index (κ3) is 3.94. The molecule has 29 heavy (non-hydrogen) atoms. The van der Waals surface area contributed by atoms with E-state index in [1.54, 1.807) is 19.1 Å². The van der Waals surface area contributed by atoms with Crippen LogP contribution in [-0.4, -0.2) is 25.6 Å². The normalized spacial score (nSPS) is 17.1. The number of pyridine rings is 1. The summed E-state index contributed by atoms with van der Waals surface area (Å²) in [5.74, 6) is -1.46. The van der Waals surface area contributed by atoms with Crippen LogP contribution in [0.5, 0.6) is 0 Å². The molecule has 0 spiro atoms. The van der Waals surface area contributed by atoms with E-state index in [2.05, 4.69) is 10.3 Å². The third-order valence-electron chi connectivity index (χ3n) is 5.04. The molecule has 1 aromatic heterocycles. The van der Waals surface area contributed by atoms with Gasteiger partial charge >= 0.3 is 5.51 Å². The minimum Gasteiger partial charge on any atom is -0.378 e. The maximum Gasteiger partial charge on any atom is 0.502 e. The number of alkyl halides is 4. The summed E-state index contributed by atoms with van der Waals surface area (Å²) in [6.07, 6.45) is 1.34. The molecule has 1 saturated carbocycles. The highest BCUT2D eigenvalue weighted by Gasteiger charge is 2.49. The SMILES string of the molecule is Cc1cc(NC(C)c2cccc(S(=O)(=O)C(F)(F)F)c2F)cc(C2(CF)CC2)n1. The zero-order chi connectivity index (χ0) is 21.6. The molecule has 0 radical (unpaired) electrons. The van der Waals surface area contributed by atoms with E-state index in [0.29, 0.717) is 36.0 Å². The summed E-state index contributed by atoms with van der Waals surface area (Å²) in [4.78, 5) is 2.93. The molecule has 158 valence electrons. The minimum atomic E-state index is -5.82. The maximum atomic E-state index is 14.7. The molecule has 1 heterocycles. The van der Waals surface area contributed by atoms with Crippen molar-refractivity contribution in [2.24, 2.45) is 0 Å². The van der Waals surface area contributed by atoms with Crippen LogP contribution in [0.25, 0.3) is 0 Å². The molecule has 0 saturated heterocycles. The summed E-state index contributed by atoms with van der Waals surface area (Å²) in [7, 11) is -5.82. The van der Waals surface area contributed by atoms with E-state index in [1.807, 2.05) is 0 Å². The summed E-state index contributed by atoms with van der Waals surface area (Å²) in [5.41, 5.74) is -4.81. The molecule has 1 unspecified atom stereocenters. The van der Waals surface area contributed by atoms with Crippen LogP contribution < -0.4 is 5.32 Å². The number of halogens is 5.